The van der Waals surface area contributed by atoms with E-state index in [1.807, 2.05) is 13.0 Å². The molecule has 18 heavy (non-hydrogen) atoms. The van der Waals surface area contributed by atoms with Gasteiger partial charge in [0.05, 0.1) is 0 Å². The molecule has 1 N–H and O–H groups in total. The molecular weight excluding hydrogens is 220 g/mol. The first kappa shape index (κ1) is 16.6. The van der Waals surface area contributed by atoms with Crippen LogP contribution in [0.25, 0.3) is 0 Å². The SMILES string of the molecule is C=CCCCCC/C=C\CC#CC#CC(O)CC. The van der Waals surface area contributed by atoms with Crippen molar-refractivity contribution in [2.75, 3.05) is 0 Å². The highest BCUT2D eigenvalue weighted by atomic mass is 16.3. The zero-order chi connectivity index (χ0) is 13.5. The van der Waals surface area contributed by atoms with E-state index in [9.17, 15) is 0 Å². The summed E-state index contributed by atoms with van der Waals surface area (Å²) in [5, 5.41) is 9.16. The van der Waals surface area contributed by atoms with E-state index < -0.39 is 6.10 Å². The van der Waals surface area contributed by atoms with E-state index >= 15 is 0 Å². The van der Waals surface area contributed by atoms with Gasteiger partial charge >= 0.3 is 0 Å². The smallest absolute Gasteiger partial charge is 0.115 e. The molecule has 1 nitrogen and oxygen atoms in total. The number of aliphatic hydroxyl groups is 1. The minimum absolute atomic E-state index is 0.537. The molecule has 0 spiro atoms. The van der Waals surface area contributed by atoms with E-state index in [4.69, 9.17) is 5.11 Å². The molecule has 0 aliphatic carbocycles. The third-order valence-electron chi connectivity index (χ3n) is 2.44. The summed E-state index contributed by atoms with van der Waals surface area (Å²) in [6, 6.07) is 0. The zero-order valence-electron chi connectivity index (χ0n) is 11.4. The van der Waals surface area contributed by atoms with Crippen molar-refractivity contribution in [3.8, 4) is 23.7 Å². The predicted octanol–water partition coefficient (Wildman–Crippen LogP) is 3.85. The lowest BCUT2D eigenvalue weighted by Crippen LogP contribution is -1.98. The Bertz CT molecular complexity index is 343. The van der Waals surface area contributed by atoms with Gasteiger partial charge in [0.2, 0.25) is 0 Å². The second kappa shape index (κ2) is 13.6. The quantitative estimate of drug-likeness (QED) is 0.391. The summed E-state index contributed by atoms with van der Waals surface area (Å²) in [4.78, 5) is 0. The maximum atomic E-state index is 9.16. The van der Waals surface area contributed by atoms with Gasteiger partial charge < -0.3 is 5.11 Å². The van der Waals surface area contributed by atoms with Gasteiger partial charge in [-0.2, -0.15) is 0 Å². The molecule has 0 saturated carbocycles. The largest absolute Gasteiger partial charge is 0.380 e. The zero-order valence-corrected chi connectivity index (χ0v) is 11.4. The van der Waals surface area contributed by atoms with Crippen molar-refractivity contribution in [2.24, 2.45) is 0 Å². The van der Waals surface area contributed by atoms with Crippen molar-refractivity contribution >= 4 is 0 Å². The van der Waals surface area contributed by atoms with Crippen molar-refractivity contribution in [3.05, 3.63) is 24.8 Å². The molecule has 0 aliphatic rings. The van der Waals surface area contributed by atoms with E-state index in [1.165, 1.54) is 19.3 Å². The number of hydrogen-bond acceptors (Lipinski definition) is 1. The monoisotopic (exact) mass is 244 g/mol. The van der Waals surface area contributed by atoms with Crippen molar-refractivity contribution in [2.45, 2.75) is 58.0 Å². The average Bonchev–Trinajstić information content (AvgIpc) is 2.39. The van der Waals surface area contributed by atoms with E-state index in [0.717, 1.165) is 19.3 Å². The lowest BCUT2D eigenvalue weighted by Gasteiger charge is -1.93. The molecule has 0 aromatic heterocycles. The first-order valence-electron chi connectivity index (χ1n) is 6.73. The highest BCUT2D eigenvalue weighted by Gasteiger charge is 1.88. The minimum atomic E-state index is -0.537. The van der Waals surface area contributed by atoms with Crippen LogP contribution in [0.15, 0.2) is 24.8 Å². The van der Waals surface area contributed by atoms with Crippen molar-refractivity contribution in [1.29, 1.82) is 0 Å². The minimum Gasteiger partial charge on any atom is -0.380 e. The Morgan fingerprint density at radius 1 is 1.11 bits per heavy atom. The van der Waals surface area contributed by atoms with Gasteiger partial charge in [-0.1, -0.05) is 43.4 Å². The van der Waals surface area contributed by atoms with E-state index in [1.54, 1.807) is 0 Å². The molecule has 0 fully saturated rings. The number of rotatable bonds is 8. The first-order valence-corrected chi connectivity index (χ1v) is 6.73. The van der Waals surface area contributed by atoms with Gasteiger partial charge in [0, 0.05) is 6.42 Å². The van der Waals surface area contributed by atoms with Crippen LogP contribution in [0, 0.1) is 23.7 Å². The third-order valence-corrected chi connectivity index (χ3v) is 2.44. The lowest BCUT2D eigenvalue weighted by molar-refractivity contribution is 0.228. The normalized spacial score (nSPS) is 11.2. The molecule has 1 unspecified atom stereocenters. The molecular formula is C17H24O. The first-order chi connectivity index (χ1) is 8.81. The standard InChI is InChI=1S/C17H24O/c1-3-5-6-7-8-9-10-11-12-13-14-15-16-17(18)4-2/h3,10-11,17-18H,1,4-9,12H2,2H3/b11-10-. The highest BCUT2D eigenvalue weighted by molar-refractivity contribution is 5.27. The average molecular weight is 244 g/mol. The van der Waals surface area contributed by atoms with Gasteiger partial charge in [-0.05, 0) is 43.9 Å². The van der Waals surface area contributed by atoms with Crippen molar-refractivity contribution in [1.82, 2.24) is 0 Å². The van der Waals surface area contributed by atoms with E-state index in [0.29, 0.717) is 6.42 Å². The van der Waals surface area contributed by atoms with Crippen molar-refractivity contribution < 1.29 is 5.11 Å². The Kier molecular flexibility index (Phi) is 12.5. The van der Waals surface area contributed by atoms with Gasteiger partial charge in [0.1, 0.15) is 6.10 Å². The second-order valence-corrected chi connectivity index (χ2v) is 4.10. The molecule has 0 saturated heterocycles. The Morgan fingerprint density at radius 3 is 2.61 bits per heavy atom. The van der Waals surface area contributed by atoms with Gasteiger partial charge in [-0.3, -0.25) is 0 Å². The molecule has 0 aromatic carbocycles. The number of hydrogen-bond donors (Lipinski definition) is 1. The molecule has 0 heterocycles. The summed E-state index contributed by atoms with van der Waals surface area (Å²) in [5.41, 5.74) is 0. The van der Waals surface area contributed by atoms with Crippen LogP contribution in [0.1, 0.15) is 51.9 Å². The molecule has 1 heteroatoms. The number of aliphatic hydroxyl groups excluding tert-OH is 1. The van der Waals surface area contributed by atoms with Crippen LogP contribution < -0.4 is 0 Å². The topological polar surface area (TPSA) is 20.2 Å². The van der Waals surface area contributed by atoms with Crippen LogP contribution >= 0.6 is 0 Å². The number of allylic oxidation sites excluding steroid dienone is 3. The van der Waals surface area contributed by atoms with E-state index in [-0.39, 0.29) is 0 Å². The summed E-state index contributed by atoms with van der Waals surface area (Å²) >= 11 is 0. The predicted molar refractivity (Wildman–Crippen MR) is 78.9 cm³/mol. The van der Waals surface area contributed by atoms with Crippen LogP contribution in [0.5, 0.6) is 0 Å². The van der Waals surface area contributed by atoms with Crippen LogP contribution in [-0.4, -0.2) is 11.2 Å². The summed E-state index contributed by atoms with van der Waals surface area (Å²) in [6.07, 6.45) is 13.1. The number of unbranched alkanes of at least 4 members (excludes halogenated alkanes) is 4. The summed E-state index contributed by atoms with van der Waals surface area (Å²) < 4.78 is 0. The van der Waals surface area contributed by atoms with Gasteiger partial charge in [0.25, 0.3) is 0 Å². The maximum Gasteiger partial charge on any atom is 0.115 e. The fourth-order valence-corrected chi connectivity index (χ4v) is 1.30. The summed E-state index contributed by atoms with van der Waals surface area (Å²) in [5.74, 6) is 11.0. The molecule has 0 bridgehead atoms. The van der Waals surface area contributed by atoms with Crippen LogP contribution in [0.2, 0.25) is 0 Å². The molecule has 1 atom stereocenters. The Labute approximate surface area is 112 Å². The van der Waals surface area contributed by atoms with Gasteiger partial charge in [-0.25, -0.2) is 0 Å². The van der Waals surface area contributed by atoms with Crippen LogP contribution in [0.4, 0.5) is 0 Å². The fourth-order valence-electron chi connectivity index (χ4n) is 1.30. The molecule has 0 aliphatic heterocycles. The molecule has 0 radical (unpaired) electrons. The summed E-state index contributed by atoms with van der Waals surface area (Å²) in [6.45, 7) is 5.60. The highest BCUT2D eigenvalue weighted by Crippen LogP contribution is 2.03. The Morgan fingerprint density at radius 2 is 1.89 bits per heavy atom. The summed E-state index contributed by atoms with van der Waals surface area (Å²) in [7, 11) is 0. The van der Waals surface area contributed by atoms with Crippen LogP contribution in [0.3, 0.4) is 0 Å². The Balaban J connectivity index is 3.50. The maximum absolute atomic E-state index is 9.16. The van der Waals surface area contributed by atoms with Gasteiger partial charge in [0.15, 0.2) is 0 Å². The Hall–Kier alpha value is -1.44. The second-order valence-electron chi connectivity index (χ2n) is 4.10. The molecule has 0 rings (SSSR count). The third kappa shape index (κ3) is 12.6. The molecule has 0 amide bonds. The van der Waals surface area contributed by atoms with E-state index in [2.05, 4.69) is 42.4 Å². The lowest BCUT2D eigenvalue weighted by atomic mass is 10.1. The molecule has 0 aromatic rings. The van der Waals surface area contributed by atoms with Gasteiger partial charge in [-0.15, -0.1) is 6.58 Å². The molecule has 98 valence electrons. The fraction of sp³-hybridized carbons (Fsp3) is 0.529. The van der Waals surface area contributed by atoms with Crippen molar-refractivity contribution in [3.63, 3.8) is 0 Å². The van der Waals surface area contributed by atoms with Crippen LogP contribution in [-0.2, 0) is 0 Å².